The predicted octanol–water partition coefficient (Wildman–Crippen LogP) is 2.52. The number of hydrogen-bond donors (Lipinski definition) is 2. The molecule has 0 aliphatic carbocycles. The van der Waals surface area contributed by atoms with Gasteiger partial charge in [0, 0.05) is 55.0 Å². The smallest absolute Gasteiger partial charge is 0.191 e. The van der Waals surface area contributed by atoms with Crippen molar-refractivity contribution < 1.29 is 8.95 Å². The molecule has 1 aliphatic rings. The summed E-state index contributed by atoms with van der Waals surface area (Å²) in [5.74, 6) is 1.94. The molecule has 0 radical (unpaired) electrons. The van der Waals surface area contributed by atoms with E-state index in [1.165, 1.54) is 11.1 Å². The Balaban J connectivity index is 1.51. The maximum absolute atomic E-state index is 12.4. The van der Waals surface area contributed by atoms with E-state index in [0.29, 0.717) is 24.6 Å². The number of hydrogen-bond acceptors (Lipinski definition) is 4. The summed E-state index contributed by atoms with van der Waals surface area (Å²) in [5, 5.41) is 6.62. The van der Waals surface area contributed by atoms with Crippen molar-refractivity contribution in [2.45, 2.75) is 25.8 Å². The fourth-order valence-corrected chi connectivity index (χ4v) is 4.53. The van der Waals surface area contributed by atoms with Crippen LogP contribution < -0.4 is 10.6 Å². The van der Waals surface area contributed by atoms with Gasteiger partial charge in [0.25, 0.3) is 0 Å². The lowest BCUT2D eigenvalue weighted by Crippen LogP contribution is -2.39. The van der Waals surface area contributed by atoms with Gasteiger partial charge in [-0.15, -0.1) is 0 Å². The van der Waals surface area contributed by atoms with Crippen molar-refractivity contribution in [1.29, 1.82) is 0 Å². The van der Waals surface area contributed by atoms with Crippen LogP contribution in [-0.2, 0) is 34.4 Å². The number of ether oxygens (including phenoxy) is 1. The largest absolute Gasteiger partial charge is 0.379 e. The quantitative estimate of drug-likeness (QED) is 0.437. The second kappa shape index (κ2) is 13.2. The fraction of sp³-hybridized carbons (Fsp3) is 0.458. The Morgan fingerprint density at radius 2 is 1.74 bits per heavy atom. The molecule has 1 saturated heterocycles. The van der Waals surface area contributed by atoms with Crippen molar-refractivity contribution >= 4 is 16.8 Å². The summed E-state index contributed by atoms with van der Waals surface area (Å²) in [5.41, 5.74) is 3.66. The normalized spacial score (nSPS) is 16.1. The molecule has 2 aromatic rings. The highest BCUT2D eigenvalue weighted by Crippen LogP contribution is 2.14. The van der Waals surface area contributed by atoms with Crippen molar-refractivity contribution in [3.63, 3.8) is 0 Å². The van der Waals surface area contributed by atoms with Crippen LogP contribution in [0.5, 0.6) is 0 Å². The van der Waals surface area contributed by atoms with Gasteiger partial charge in [0.05, 0.1) is 19.8 Å². The maximum Gasteiger partial charge on any atom is 0.191 e. The van der Waals surface area contributed by atoms with Gasteiger partial charge in [0.15, 0.2) is 5.96 Å². The van der Waals surface area contributed by atoms with E-state index in [0.717, 1.165) is 50.9 Å². The molecule has 1 fully saturated rings. The van der Waals surface area contributed by atoms with Gasteiger partial charge >= 0.3 is 0 Å². The van der Waals surface area contributed by atoms with Crippen molar-refractivity contribution in [1.82, 2.24) is 15.5 Å². The lowest BCUT2D eigenvalue weighted by Gasteiger charge is -2.27. The molecule has 2 N–H and O–H groups in total. The molecular formula is C24H34N4O2S. The van der Waals surface area contributed by atoms with Crippen molar-refractivity contribution in [2.24, 2.45) is 4.99 Å². The van der Waals surface area contributed by atoms with Crippen LogP contribution in [-0.4, -0.2) is 60.2 Å². The van der Waals surface area contributed by atoms with Crippen LogP contribution in [0, 0.1) is 0 Å². The van der Waals surface area contributed by atoms with Gasteiger partial charge in [-0.3, -0.25) is 9.11 Å². The molecule has 7 heteroatoms. The number of aliphatic imine (C=N–C) groups is 1. The third-order valence-corrected chi connectivity index (χ3v) is 6.48. The van der Waals surface area contributed by atoms with Gasteiger partial charge in [0.1, 0.15) is 0 Å². The van der Waals surface area contributed by atoms with Gasteiger partial charge in [0.2, 0.25) is 0 Å². The molecule has 0 bridgehead atoms. The highest BCUT2D eigenvalue weighted by molar-refractivity contribution is 7.84. The monoisotopic (exact) mass is 442 g/mol. The first kappa shape index (κ1) is 23.4. The molecule has 0 amide bonds. The Hall–Kier alpha value is -2.22. The summed E-state index contributed by atoms with van der Waals surface area (Å²) in [6.45, 7) is 8.57. The first-order valence-electron chi connectivity index (χ1n) is 11.0. The zero-order chi connectivity index (χ0) is 21.7. The zero-order valence-electron chi connectivity index (χ0n) is 18.4. The van der Waals surface area contributed by atoms with E-state index >= 15 is 0 Å². The average molecular weight is 443 g/mol. The maximum atomic E-state index is 12.4. The predicted molar refractivity (Wildman–Crippen MR) is 129 cm³/mol. The lowest BCUT2D eigenvalue weighted by molar-refractivity contribution is 0.0341. The standard InChI is InChI=1S/C24H34N4O2S/c1-2-25-24(26-12-17-31(29)20-21-8-4-3-5-9-21)27-18-22-10-6-7-11-23(22)19-28-13-15-30-16-14-28/h3-11H,2,12-20H2,1H3,(H2,25,26,27). The first-order chi connectivity index (χ1) is 15.2. The van der Waals surface area contributed by atoms with Gasteiger partial charge in [-0.2, -0.15) is 0 Å². The summed E-state index contributed by atoms with van der Waals surface area (Å²) < 4.78 is 17.8. The molecule has 1 aliphatic heterocycles. The van der Waals surface area contributed by atoms with E-state index in [9.17, 15) is 4.21 Å². The molecule has 3 rings (SSSR count). The third-order valence-electron chi connectivity index (χ3n) is 5.16. The number of benzene rings is 2. The summed E-state index contributed by atoms with van der Waals surface area (Å²) >= 11 is 0. The molecule has 2 aromatic carbocycles. The molecule has 1 unspecified atom stereocenters. The Bertz CT molecular complexity index is 838. The lowest BCUT2D eigenvalue weighted by atomic mass is 10.1. The van der Waals surface area contributed by atoms with E-state index in [1.807, 2.05) is 30.3 Å². The molecular weight excluding hydrogens is 408 g/mol. The Kier molecular flexibility index (Phi) is 10.0. The molecule has 0 saturated carbocycles. The highest BCUT2D eigenvalue weighted by atomic mass is 32.2. The molecule has 31 heavy (non-hydrogen) atoms. The molecule has 168 valence electrons. The van der Waals surface area contributed by atoms with Gasteiger partial charge in [-0.25, -0.2) is 4.99 Å². The molecule has 0 aromatic heterocycles. The van der Waals surface area contributed by atoms with Crippen LogP contribution in [0.3, 0.4) is 0 Å². The third kappa shape index (κ3) is 8.44. The number of nitrogens with zero attached hydrogens (tertiary/aromatic N) is 2. The number of nitrogens with one attached hydrogen (secondary N) is 2. The van der Waals surface area contributed by atoms with Gasteiger partial charge in [-0.1, -0.05) is 54.6 Å². The van der Waals surface area contributed by atoms with Crippen molar-refractivity contribution in [2.75, 3.05) is 45.1 Å². The minimum absolute atomic E-state index is 0.588. The fourth-order valence-electron chi connectivity index (χ4n) is 3.49. The van der Waals surface area contributed by atoms with E-state index < -0.39 is 10.8 Å². The summed E-state index contributed by atoms with van der Waals surface area (Å²) in [4.78, 5) is 7.20. The van der Waals surface area contributed by atoms with Crippen LogP contribution in [0.2, 0.25) is 0 Å². The van der Waals surface area contributed by atoms with E-state index in [-0.39, 0.29) is 0 Å². The van der Waals surface area contributed by atoms with Crippen LogP contribution >= 0.6 is 0 Å². The summed E-state index contributed by atoms with van der Waals surface area (Å²) in [7, 11) is -0.900. The Morgan fingerprint density at radius 3 is 2.48 bits per heavy atom. The first-order valence-corrected chi connectivity index (χ1v) is 12.5. The van der Waals surface area contributed by atoms with E-state index in [4.69, 9.17) is 9.73 Å². The van der Waals surface area contributed by atoms with Crippen LogP contribution in [0.1, 0.15) is 23.6 Å². The van der Waals surface area contributed by atoms with Gasteiger partial charge in [-0.05, 0) is 23.6 Å². The second-order valence-corrected chi connectivity index (χ2v) is 9.13. The summed E-state index contributed by atoms with van der Waals surface area (Å²) in [6.07, 6.45) is 0. The zero-order valence-corrected chi connectivity index (χ0v) is 19.2. The molecule has 1 heterocycles. The minimum atomic E-state index is -0.900. The molecule has 0 spiro atoms. The number of guanidine groups is 1. The topological polar surface area (TPSA) is 66.0 Å². The second-order valence-electron chi connectivity index (χ2n) is 7.55. The summed E-state index contributed by atoms with van der Waals surface area (Å²) in [6, 6.07) is 18.5. The molecule has 6 nitrogen and oxygen atoms in total. The number of morpholine rings is 1. The highest BCUT2D eigenvalue weighted by Gasteiger charge is 2.12. The Labute approximate surface area is 188 Å². The van der Waals surface area contributed by atoms with Crippen molar-refractivity contribution in [3.8, 4) is 0 Å². The van der Waals surface area contributed by atoms with Crippen LogP contribution in [0.25, 0.3) is 0 Å². The van der Waals surface area contributed by atoms with E-state index in [1.54, 1.807) is 0 Å². The average Bonchev–Trinajstić information content (AvgIpc) is 2.80. The van der Waals surface area contributed by atoms with E-state index in [2.05, 4.69) is 46.7 Å². The van der Waals surface area contributed by atoms with Crippen LogP contribution in [0.15, 0.2) is 59.6 Å². The SMILES string of the molecule is CCNC(=NCc1ccccc1CN1CCOCC1)NCCS(=O)Cc1ccccc1. The Morgan fingerprint density at radius 1 is 1.03 bits per heavy atom. The number of rotatable bonds is 10. The van der Waals surface area contributed by atoms with Crippen molar-refractivity contribution in [3.05, 3.63) is 71.3 Å². The van der Waals surface area contributed by atoms with Crippen LogP contribution in [0.4, 0.5) is 0 Å². The van der Waals surface area contributed by atoms with Gasteiger partial charge < -0.3 is 15.4 Å². The minimum Gasteiger partial charge on any atom is -0.379 e. The molecule has 1 atom stereocenters.